The third-order valence-electron chi connectivity index (χ3n) is 3.38. The maximum Gasteiger partial charge on any atom is 0.382 e. The van der Waals surface area contributed by atoms with Crippen molar-refractivity contribution in [3.8, 4) is 0 Å². The lowest BCUT2D eigenvalue weighted by Gasteiger charge is -2.42. The fourth-order valence-corrected chi connectivity index (χ4v) is 1.38. The summed E-state index contributed by atoms with van der Waals surface area (Å²) in [5, 5.41) is 0. The molecule has 0 aromatic carbocycles. The van der Waals surface area contributed by atoms with Crippen LogP contribution in [0.5, 0.6) is 0 Å². The summed E-state index contributed by atoms with van der Waals surface area (Å²) in [5.74, 6) is 0. The molecule has 0 unspecified atom stereocenters. The topological polar surface area (TPSA) is 9.23 Å². The second-order valence-corrected chi connectivity index (χ2v) is 4.85. The number of alkyl halides is 14. The van der Waals surface area contributed by atoms with E-state index in [2.05, 4.69) is 4.74 Å². The number of ether oxygens (including phenoxy) is 1. The van der Waals surface area contributed by atoms with Gasteiger partial charge < -0.3 is 0 Å². The lowest BCUT2D eigenvalue weighted by molar-refractivity contribution is -0.481. The molecular weight excluding hydrogens is 402 g/mol. The fourth-order valence-electron chi connectivity index (χ4n) is 1.38. The van der Waals surface area contributed by atoms with Crippen molar-refractivity contribution in [3.05, 3.63) is 0 Å². The third kappa shape index (κ3) is 3.60. The highest BCUT2D eigenvalue weighted by Gasteiger charge is 2.77. The number of halogens is 14. The first-order chi connectivity index (χ1) is 10.9. The maximum atomic E-state index is 13.4. The van der Waals surface area contributed by atoms with Crippen LogP contribution in [0, 0.1) is 10.8 Å². The Kier molecular flexibility index (Phi) is 7.01. The van der Waals surface area contributed by atoms with Crippen LogP contribution in [0.25, 0.3) is 0 Å². The van der Waals surface area contributed by atoms with E-state index in [9.17, 15) is 61.5 Å². The van der Waals surface area contributed by atoms with Crippen LogP contribution in [-0.2, 0) is 4.74 Å². The van der Waals surface area contributed by atoms with Gasteiger partial charge in [0.2, 0.25) is 5.41 Å². The minimum Gasteiger partial charge on any atom is -0.253 e. The van der Waals surface area contributed by atoms with Gasteiger partial charge in [0.15, 0.2) is 5.41 Å². The molecule has 0 atom stereocenters. The fraction of sp³-hybridized carbons (Fsp3) is 1.00. The van der Waals surface area contributed by atoms with Crippen molar-refractivity contribution >= 4 is 0 Å². The van der Waals surface area contributed by atoms with Crippen LogP contribution in [0.4, 0.5) is 61.5 Å². The van der Waals surface area contributed by atoms with Crippen LogP contribution in [0.1, 0.15) is 6.92 Å². The predicted octanol–water partition coefficient (Wildman–Crippen LogP) is 5.51. The van der Waals surface area contributed by atoms with Gasteiger partial charge in [-0.25, -0.2) is 43.9 Å². The summed E-state index contributed by atoms with van der Waals surface area (Å²) in [7, 11) is 0. The number of rotatable bonds is 9. The second-order valence-electron chi connectivity index (χ2n) is 4.85. The van der Waals surface area contributed by atoms with Gasteiger partial charge in [-0.2, -0.15) is 17.6 Å². The van der Waals surface area contributed by atoms with E-state index in [-0.39, 0.29) is 0 Å². The molecule has 0 aromatic rings. The molecule has 0 fully saturated rings. The summed E-state index contributed by atoms with van der Waals surface area (Å²) in [5.41, 5.74) is -11.3. The van der Waals surface area contributed by atoms with Gasteiger partial charge in [0.1, 0.15) is 0 Å². The van der Waals surface area contributed by atoms with Crippen LogP contribution >= 0.6 is 0 Å². The van der Waals surface area contributed by atoms with Crippen molar-refractivity contribution in [2.75, 3.05) is 0 Å². The van der Waals surface area contributed by atoms with E-state index < -0.39 is 62.1 Å². The zero-order valence-electron chi connectivity index (χ0n) is 11.6. The molecule has 0 N–H and O–H groups in total. The van der Waals surface area contributed by atoms with Gasteiger partial charge in [0.25, 0.3) is 32.1 Å². The van der Waals surface area contributed by atoms with Crippen LogP contribution in [0.2, 0.25) is 0 Å². The van der Waals surface area contributed by atoms with Crippen LogP contribution in [-0.4, -0.2) is 44.3 Å². The Bertz CT molecular complexity index is 404. The smallest absolute Gasteiger partial charge is 0.253 e. The van der Waals surface area contributed by atoms with E-state index in [0.717, 1.165) is 0 Å². The summed E-state index contributed by atoms with van der Waals surface area (Å²) < 4.78 is 180. The highest BCUT2D eigenvalue weighted by Crippen LogP contribution is 2.56. The summed E-state index contributed by atoms with van der Waals surface area (Å²) >= 11 is 0. The third-order valence-corrected chi connectivity index (χ3v) is 3.38. The average molecular weight is 410 g/mol. The first-order valence-electron chi connectivity index (χ1n) is 5.79. The van der Waals surface area contributed by atoms with E-state index in [1.165, 1.54) is 0 Å². The number of hydrogen-bond donors (Lipinski definition) is 0. The van der Waals surface area contributed by atoms with Gasteiger partial charge in [-0.05, 0) is 6.92 Å². The van der Waals surface area contributed by atoms with E-state index in [1.807, 2.05) is 0 Å². The zero-order valence-corrected chi connectivity index (χ0v) is 11.6. The van der Waals surface area contributed by atoms with Crippen molar-refractivity contribution in [2.45, 2.75) is 51.3 Å². The lowest BCUT2D eigenvalue weighted by Crippen LogP contribution is -2.63. The van der Waals surface area contributed by atoms with Crippen LogP contribution in [0.15, 0.2) is 0 Å². The summed E-state index contributed by atoms with van der Waals surface area (Å²) in [4.78, 5) is 0. The van der Waals surface area contributed by atoms with E-state index in [0.29, 0.717) is 0 Å². The van der Waals surface area contributed by atoms with E-state index in [1.54, 1.807) is 0 Å². The van der Waals surface area contributed by atoms with Crippen molar-refractivity contribution in [1.82, 2.24) is 0 Å². The minimum atomic E-state index is -6.88. The SMILES string of the molecule is CC(C(F)F)(C(F)F)C(F)(F)OC(F)(F)C(C(F)F)(C(F)F)C(F)F. The molecule has 0 bridgehead atoms. The van der Waals surface area contributed by atoms with Gasteiger partial charge >= 0.3 is 12.2 Å². The highest BCUT2D eigenvalue weighted by atomic mass is 19.3. The summed E-state index contributed by atoms with van der Waals surface area (Å²) in [6, 6.07) is 0. The Labute approximate surface area is 129 Å². The minimum absolute atomic E-state index is 0.729. The zero-order chi connectivity index (χ0) is 20.6. The molecule has 25 heavy (non-hydrogen) atoms. The number of hydrogen-bond acceptors (Lipinski definition) is 1. The van der Waals surface area contributed by atoms with Crippen LogP contribution < -0.4 is 0 Å². The molecule has 0 aromatic heterocycles. The Morgan fingerprint density at radius 2 is 0.800 bits per heavy atom. The molecule has 0 rings (SSSR count). The Morgan fingerprint density at radius 3 is 1.00 bits per heavy atom. The Balaban J connectivity index is 6.26. The predicted molar refractivity (Wildman–Crippen MR) is 51.5 cm³/mol. The van der Waals surface area contributed by atoms with Gasteiger partial charge in [-0.1, -0.05) is 0 Å². The summed E-state index contributed by atoms with van der Waals surface area (Å²) in [6.07, 6.45) is -39.2. The molecule has 0 aliphatic rings. The van der Waals surface area contributed by atoms with Gasteiger partial charge in [0, 0.05) is 0 Å². The molecule has 0 amide bonds. The van der Waals surface area contributed by atoms with E-state index in [4.69, 9.17) is 0 Å². The Morgan fingerprint density at radius 1 is 0.520 bits per heavy atom. The van der Waals surface area contributed by atoms with E-state index >= 15 is 0 Å². The molecule has 0 radical (unpaired) electrons. The van der Waals surface area contributed by atoms with Crippen molar-refractivity contribution in [2.24, 2.45) is 10.8 Å². The van der Waals surface area contributed by atoms with Gasteiger partial charge in [-0.15, -0.1) is 0 Å². The first kappa shape index (κ1) is 24.0. The quantitative estimate of drug-likeness (QED) is 0.456. The molecule has 1 nitrogen and oxygen atoms in total. The molecule has 152 valence electrons. The molecule has 0 heterocycles. The average Bonchev–Trinajstić information content (AvgIpc) is 2.33. The first-order valence-corrected chi connectivity index (χ1v) is 5.79. The largest absolute Gasteiger partial charge is 0.382 e. The molecule has 0 saturated heterocycles. The molecular formula is C10H8F14O. The standard InChI is InChI=1S/C10H8F14O/c1-7(2(11)12,3(13)14)9(21,22)25-10(23,24)8(4(15)16,5(17)18)6(19)20/h2-6H,1H3. The molecule has 0 spiro atoms. The summed E-state index contributed by atoms with van der Waals surface area (Å²) in [6.45, 7) is -0.729. The monoisotopic (exact) mass is 410 g/mol. The Hall–Kier alpha value is -1.02. The van der Waals surface area contributed by atoms with Crippen LogP contribution in [0.3, 0.4) is 0 Å². The second kappa shape index (κ2) is 7.31. The molecule has 0 aliphatic heterocycles. The molecule has 0 aliphatic carbocycles. The molecule has 0 saturated carbocycles. The molecule has 15 heteroatoms. The normalized spacial score (nSPS) is 15.4. The highest BCUT2D eigenvalue weighted by molar-refractivity contribution is 4.97. The van der Waals surface area contributed by atoms with Gasteiger partial charge in [-0.3, -0.25) is 4.74 Å². The van der Waals surface area contributed by atoms with Crippen molar-refractivity contribution in [3.63, 3.8) is 0 Å². The maximum absolute atomic E-state index is 13.4. The van der Waals surface area contributed by atoms with Gasteiger partial charge in [0.05, 0.1) is 0 Å². The van der Waals surface area contributed by atoms with Crippen molar-refractivity contribution < 1.29 is 66.2 Å². The lowest BCUT2D eigenvalue weighted by atomic mass is 9.86. The van der Waals surface area contributed by atoms with Crippen molar-refractivity contribution in [1.29, 1.82) is 0 Å².